The maximum Gasteiger partial charge on any atom is 0.0324 e. The topological polar surface area (TPSA) is 15.3 Å². The summed E-state index contributed by atoms with van der Waals surface area (Å²) in [7, 11) is 2.27. The summed E-state index contributed by atoms with van der Waals surface area (Å²) >= 11 is 1.87. The molecule has 0 bridgehead atoms. The van der Waals surface area contributed by atoms with Gasteiger partial charge in [0.15, 0.2) is 0 Å². The molecule has 0 amide bonds. The van der Waals surface area contributed by atoms with Gasteiger partial charge in [0.05, 0.1) is 0 Å². The Labute approximate surface area is 122 Å². The first-order chi connectivity index (χ1) is 9.19. The fraction of sp³-hybridized carbons (Fsp3) is 0.750. The van der Waals surface area contributed by atoms with Crippen molar-refractivity contribution in [2.24, 2.45) is 11.8 Å². The molecule has 0 radical (unpaired) electrons. The van der Waals surface area contributed by atoms with E-state index in [2.05, 4.69) is 48.6 Å². The fourth-order valence-corrected chi connectivity index (χ4v) is 4.15. The van der Waals surface area contributed by atoms with Crippen molar-refractivity contribution in [2.45, 2.75) is 45.7 Å². The van der Waals surface area contributed by atoms with Crippen LogP contribution in [0.5, 0.6) is 0 Å². The summed E-state index contributed by atoms with van der Waals surface area (Å²) in [5.41, 5.74) is 0. The second-order valence-electron chi connectivity index (χ2n) is 6.12. The van der Waals surface area contributed by atoms with Crippen molar-refractivity contribution < 1.29 is 0 Å². The second kappa shape index (κ2) is 7.41. The number of hydrogen-bond donors (Lipinski definition) is 1. The molecule has 1 aromatic rings. The zero-order valence-corrected chi connectivity index (χ0v) is 13.4. The Morgan fingerprint density at radius 3 is 2.95 bits per heavy atom. The predicted molar refractivity (Wildman–Crippen MR) is 84.6 cm³/mol. The Kier molecular flexibility index (Phi) is 5.86. The van der Waals surface area contributed by atoms with E-state index in [0.29, 0.717) is 0 Å². The molecule has 3 heteroatoms. The Bertz CT molecular complexity index is 350. The van der Waals surface area contributed by atoms with Gasteiger partial charge in [-0.2, -0.15) is 0 Å². The molecule has 3 unspecified atom stereocenters. The van der Waals surface area contributed by atoms with Crippen molar-refractivity contribution in [3.05, 3.63) is 22.4 Å². The third kappa shape index (κ3) is 4.59. The number of nitrogens with zero attached hydrogens (tertiary/aromatic N) is 1. The monoisotopic (exact) mass is 280 g/mol. The lowest BCUT2D eigenvalue weighted by Crippen LogP contribution is -2.44. The van der Waals surface area contributed by atoms with Crippen molar-refractivity contribution in [1.82, 2.24) is 10.2 Å². The van der Waals surface area contributed by atoms with Crippen LogP contribution in [-0.2, 0) is 6.54 Å². The summed E-state index contributed by atoms with van der Waals surface area (Å²) in [4.78, 5) is 3.98. The van der Waals surface area contributed by atoms with Gasteiger partial charge in [0.25, 0.3) is 0 Å². The van der Waals surface area contributed by atoms with Crippen LogP contribution in [0.15, 0.2) is 17.5 Å². The highest BCUT2D eigenvalue weighted by Crippen LogP contribution is 2.30. The van der Waals surface area contributed by atoms with Gasteiger partial charge in [-0.15, -0.1) is 11.3 Å². The van der Waals surface area contributed by atoms with E-state index in [-0.39, 0.29) is 0 Å². The molecule has 0 saturated heterocycles. The lowest BCUT2D eigenvalue weighted by Gasteiger charge is -2.37. The third-order valence-electron chi connectivity index (χ3n) is 4.26. The standard InChI is InChI=1S/C16H28N2S/c1-4-17-16-8-7-13(2)10-14(16)11-18(3)12-15-6-5-9-19-15/h5-6,9,13-14,16-17H,4,7-8,10-12H2,1-3H3. The first-order valence-electron chi connectivity index (χ1n) is 7.63. The van der Waals surface area contributed by atoms with Crippen molar-refractivity contribution in [2.75, 3.05) is 20.1 Å². The van der Waals surface area contributed by atoms with Gasteiger partial charge < -0.3 is 10.2 Å². The van der Waals surface area contributed by atoms with Gasteiger partial charge in [0.1, 0.15) is 0 Å². The van der Waals surface area contributed by atoms with E-state index in [1.165, 1.54) is 30.7 Å². The van der Waals surface area contributed by atoms with Gasteiger partial charge in [-0.1, -0.05) is 19.9 Å². The summed E-state index contributed by atoms with van der Waals surface area (Å²) in [5, 5.41) is 5.87. The first-order valence-corrected chi connectivity index (χ1v) is 8.51. The molecular weight excluding hydrogens is 252 g/mol. The fourth-order valence-electron chi connectivity index (χ4n) is 3.36. The SMILES string of the molecule is CCNC1CCC(C)CC1CN(C)Cc1cccs1. The van der Waals surface area contributed by atoms with E-state index in [4.69, 9.17) is 0 Å². The number of nitrogens with one attached hydrogen (secondary N) is 1. The van der Waals surface area contributed by atoms with Crippen LogP contribution in [0.2, 0.25) is 0 Å². The number of rotatable bonds is 6. The average Bonchev–Trinajstić information content (AvgIpc) is 2.85. The lowest BCUT2D eigenvalue weighted by molar-refractivity contribution is 0.159. The van der Waals surface area contributed by atoms with Crippen molar-refractivity contribution >= 4 is 11.3 Å². The average molecular weight is 280 g/mol. The van der Waals surface area contributed by atoms with Crippen LogP contribution in [0, 0.1) is 11.8 Å². The molecular formula is C16H28N2S. The lowest BCUT2D eigenvalue weighted by atomic mass is 9.78. The molecule has 1 aliphatic rings. The van der Waals surface area contributed by atoms with Gasteiger partial charge in [0.2, 0.25) is 0 Å². The molecule has 2 rings (SSSR count). The normalized spacial score (nSPS) is 27.9. The van der Waals surface area contributed by atoms with Crippen molar-refractivity contribution in [3.63, 3.8) is 0 Å². The first kappa shape index (κ1) is 15.0. The molecule has 1 heterocycles. The molecule has 19 heavy (non-hydrogen) atoms. The van der Waals surface area contributed by atoms with Gasteiger partial charge in [-0.25, -0.2) is 0 Å². The summed E-state index contributed by atoms with van der Waals surface area (Å²) < 4.78 is 0. The van der Waals surface area contributed by atoms with Gasteiger partial charge >= 0.3 is 0 Å². The van der Waals surface area contributed by atoms with E-state index in [0.717, 1.165) is 31.0 Å². The number of thiophene rings is 1. The molecule has 1 aromatic heterocycles. The molecule has 2 nitrogen and oxygen atoms in total. The zero-order chi connectivity index (χ0) is 13.7. The van der Waals surface area contributed by atoms with Crippen molar-refractivity contribution in [3.8, 4) is 0 Å². The second-order valence-corrected chi connectivity index (χ2v) is 7.15. The van der Waals surface area contributed by atoms with Crippen LogP contribution in [-0.4, -0.2) is 31.1 Å². The Balaban J connectivity index is 1.86. The Morgan fingerprint density at radius 2 is 2.26 bits per heavy atom. The molecule has 1 aliphatic carbocycles. The summed E-state index contributed by atoms with van der Waals surface area (Å²) in [6, 6.07) is 5.12. The maximum atomic E-state index is 3.70. The molecule has 1 N–H and O–H groups in total. The summed E-state index contributed by atoms with van der Waals surface area (Å²) in [5.74, 6) is 1.71. The third-order valence-corrected chi connectivity index (χ3v) is 5.12. The summed E-state index contributed by atoms with van der Waals surface area (Å²) in [6.45, 7) is 8.06. The minimum absolute atomic E-state index is 0.729. The maximum absolute atomic E-state index is 3.70. The van der Waals surface area contributed by atoms with Crippen LogP contribution in [0.25, 0.3) is 0 Å². The Hall–Kier alpha value is -0.380. The molecule has 0 aliphatic heterocycles. The van der Waals surface area contributed by atoms with Gasteiger partial charge in [-0.3, -0.25) is 0 Å². The van der Waals surface area contributed by atoms with E-state index in [1.807, 2.05) is 11.3 Å². The van der Waals surface area contributed by atoms with Crippen LogP contribution >= 0.6 is 11.3 Å². The van der Waals surface area contributed by atoms with E-state index < -0.39 is 0 Å². The highest BCUT2D eigenvalue weighted by atomic mass is 32.1. The Morgan fingerprint density at radius 1 is 1.42 bits per heavy atom. The minimum atomic E-state index is 0.729. The molecule has 1 saturated carbocycles. The van der Waals surface area contributed by atoms with Crippen LogP contribution < -0.4 is 5.32 Å². The summed E-state index contributed by atoms with van der Waals surface area (Å²) in [6.07, 6.45) is 4.13. The molecule has 0 spiro atoms. The van der Waals surface area contributed by atoms with Crippen LogP contribution in [0.3, 0.4) is 0 Å². The number of hydrogen-bond acceptors (Lipinski definition) is 3. The zero-order valence-electron chi connectivity index (χ0n) is 12.6. The van der Waals surface area contributed by atoms with Crippen LogP contribution in [0.1, 0.15) is 38.0 Å². The molecule has 0 aromatic carbocycles. The largest absolute Gasteiger partial charge is 0.314 e. The molecule has 3 atom stereocenters. The highest BCUT2D eigenvalue weighted by Gasteiger charge is 2.28. The van der Waals surface area contributed by atoms with Gasteiger partial charge in [-0.05, 0) is 56.1 Å². The van der Waals surface area contributed by atoms with E-state index in [1.54, 1.807) is 0 Å². The highest BCUT2D eigenvalue weighted by molar-refractivity contribution is 7.09. The van der Waals surface area contributed by atoms with Gasteiger partial charge in [0, 0.05) is 24.0 Å². The van der Waals surface area contributed by atoms with Crippen LogP contribution in [0.4, 0.5) is 0 Å². The van der Waals surface area contributed by atoms with E-state index >= 15 is 0 Å². The van der Waals surface area contributed by atoms with E-state index in [9.17, 15) is 0 Å². The smallest absolute Gasteiger partial charge is 0.0324 e. The quantitative estimate of drug-likeness (QED) is 0.856. The van der Waals surface area contributed by atoms with Crippen molar-refractivity contribution in [1.29, 1.82) is 0 Å². The molecule has 1 fully saturated rings. The molecule has 108 valence electrons. The minimum Gasteiger partial charge on any atom is -0.314 e. The predicted octanol–water partition coefficient (Wildman–Crippen LogP) is 3.59.